The van der Waals surface area contributed by atoms with E-state index in [0.29, 0.717) is 41.7 Å². The third-order valence-corrected chi connectivity index (χ3v) is 6.12. The Morgan fingerprint density at radius 3 is 2.42 bits per heavy atom. The number of anilines is 1. The SMILES string of the molecule is CCOc1cc(C=NNC(=O)C(=O)Nc2c(C)n(C)n(-c3ccccc3)c2=O)ccc1OCc1cccc(C)c1. The first-order valence-corrected chi connectivity index (χ1v) is 12.7. The average molecular weight is 542 g/mol. The van der Waals surface area contributed by atoms with Crippen LogP contribution in [0.3, 0.4) is 0 Å². The number of nitrogens with one attached hydrogen (secondary N) is 2. The molecule has 2 amide bonds. The molecule has 4 aromatic rings. The zero-order valence-corrected chi connectivity index (χ0v) is 22.8. The summed E-state index contributed by atoms with van der Waals surface area (Å²) in [5.41, 5.74) is 5.68. The first kappa shape index (κ1) is 27.9. The fourth-order valence-electron chi connectivity index (χ4n) is 4.05. The summed E-state index contributed by atoms with van der Waals surface area (Å²) in [6.45, 7) is 6.39. The molecular formula is C30H31N5O5. The molecule has 0 spiro atoms. The maximum absolute atomic E-state index is 13.0. The third-order valence-electron chi connectivity index (χ3n) is 6.12. The Morgan fingerprint density at radius 1 is 0.925 bits per heavy atom. The normalized spacial score (nSPS) is 10.9. The molecule has 1 aromatic heterocycles. The number of hydrazone groups is 1. The molecule has 0 aliphatic carbocycles. The molecule has 0 saturated heterocycles. The Balaban J connectivity index is 1.40. The van der Waals surface area contributed by atoms with Crippen molar-refractivity contribution in [3.63, 3.8) is 0 Å². The Morgan fingerprint density at radius 2 is 1.70 bits per heavy atom. The standard InChI is InChI=1S/C30H31N5O5/c1-5-39-26-17-22(14-15-25(26)40-19-23-11-9-10-20(2)16-23)18-31-33-29(37)28(36)32-27-21(3)34(4)35(30(27)38)24-12-7-6-8-13-24/h6-18H,5,19H2,1-4H3,(H,32,36)(H,33,37). The van der Waals surface area contributed by atoms with Gasteiger partial charge in [0.15, 0.2) is 11.5 Å². The minimum atomic E-state index is -1.02. The average Bonchev–Trinajstić information content (AvgIpc) is 3.16. The summed E-state index contributed by atoms with van der Waals surface area (Å²) in [4.78, 5) is 37.9. The Bertz CT molecular complexity index is 1600. The molecule has 206 valence electrons. The van der Waals surface area contributed by atoms with E-state index in [1.165, 1.54) is 10.9 Å². The number of benzene rings is 3. The van der Waals surface area contributed by atoms with E-state index in [1.54, 1.807) is 61.1 Å². The van der Waals surface area contributed by atoms with E-state index in [0.717, 1.165) is 11.1 Å². The van der Waals surface area contributed by atoms with Crippen LogP contribution in [0.5, 0.6) is 11.5 Å². The highest BCUT2D eigenvalue weighted by Gasteiger charge is 2.21. The highest BCUT2D eigenvalue weighted by atomic mass is 16.5. The number of carbonyl (C=O) groups is 2. The van der Waals surface area contributed by atoms with E-state index < -0.39 is 17.4 Å². The molecule has 0 saturated carbocycles. The van der Waals surface area contributed by atoms with Crippen molar-refractivity contribution in [3.8, 4) is 17.2 Å². The van der Waals surface area contributed by atoms with E-state index in [9.17, 15) is 14.4 Å². The number of ether oxygens (including phenoxy) is 2. The van der Waals surface area contributed by atoms with Crippen molar-refractivity contribution in [3.05, 3.63) is 106 Å². The number of hydrogen-bond acceptors (Lipinski definition) is 6. The maximum atomic E-state index is 13.0. The van der Waals surface area contributed by atoms with Crippen LogP contribution in [-0.2, 0) is 23.2 Å². The van der Waals surface area contributed by atoms with Gasteiger partial charge in [-0.2, -0.15) is 5.10 Å². The third kappa shape index (κ3) is 6.47. The van der Waals surface area contributed by atoms with Gasteiger partial charge >= 0.3 is 11.8 Å². The summed E-state index contributed by atoms with van der Waals surface area (Å²) in [6.07, 6.45) is 1.38. The van der Waals surface area contributed by atoms with Crippen molar-refractivity contribution >= 4 is 23.7 Å². The second kappa shape index (κ2) is 12.6. The van der Waals surface area contributed by atoms with Crippen molar-refractivity contribution in [1.29, 1.82) is 0 Å². The van der Waals surface area contributed by atoms with Gasteiger partial charge in [0, 0.05) is 7.05 Å². The van der Waals surface area contributed by atoms with Crippen molar-refractivity contribution in [1.82, 2.24) is 14.8 Å². The summed E-state index contributed by atoms with van der Waals surface area (Å²) >= 11 is 0. The molecule has 0 atom stereocenters. The predicted octanol–water partition coefficient (Wildman–Crippen LogP) is 3.86. The highest BCUT2D eigenvalue weighted by Crippen LogP contribution is 2.29. The van der Waals surface area contributed by atoms with Crippen LogP contribution >= 0.6 is 0 Å². The van der Waals surface area contributed by atoms with Gasteiger partial charge in [-0.15, -0.1) is 0 Å². The molecule has 0 aliphatic rings. The fourth-order valence-corrected chi connectivity index (χ4v) is 4.05. The first-order chi connectivity index (χ1) is 19.3. The van der Waals surface area contributed by atoms with Crippen LogP contribution in [-0.4, -0.2) is 34.0 Å². The lowest BCUT2D eigenvalue weighted by Gasteiger charge is -2.13. The van der Waals surface area contributed by atoms with Gasteiger partial charge in [0.05, 0.1) is 24.2 Å². The molecule has 2 N–H and O–H groups in total. The number of aryl methyl sites for hydroxylation is 1. The van der Waals surface area contributed by atoms with Crippen LogP contribution in [0.4, 0.5) is 5.69 Å². The van der Waals surface area contributed by atoms with Crippen molar-refractivity contribution in [2.75, 3.05) is 11.9 Å². The lowest BCUT2D eigenvalue weighted by Crippen LogP contribution is -2.34. The van der Waals surface area contributed by atoms with E-state index in [-0.39, 0.29) is 5.69 Å². The summed E-state index contributed by atoms with van der Waals surface area (Å²) in [5.74, 6) is -0.938. The molecule has 0 radical (unpaired) electrons. The number of para-hydroxylation sites is 1. The zero-order valence-electron chi connectivity index (χ0n) is 22.8. The van der Waals surface area contributed by atoms with Gasteiger partial charge in [0.2, 0.25) is 0 Å². The Labute approximate surface area is 231 Å². The summed E-state index contributed by atoms with van der Waals surface area (Å²) in [6, 6.07) is 22.3. The monoisotopic (exact) mass is 541 g/mol. The van der Waals surface area contributed by atoms with Crippen LogP contribution in [0.25, 0.3) is 5.69 Å². The summed E-state index contributed by atoms with van der Waals surface area (Å²) < 4.78 is 14.7. The number of nitrogens with zero attached hydrogens (tertiary/aromatic N) is 3. The van der Waals surface area contributed by atoms with Crippen LogP contribution in [0.15, 0.2) is 82.7 Å². The Kier molecular flexibility index (Phi) is 8.80. The molecular weight excluding hydrogens is 510 g/mol. The minimum absolute atomic E-state index is 0.0121. The maximum Gasteiger partial charge on any atom is 0.329 e. The number of hydrogen-bond donors (Lipinski definition) is 2. The van der Waals surface area contributed by atoms with Gasteiger partial charge in [-0.25, -0.2) is 10.1 Å². The van der Waals surface area contributed by atoms with Gasteiger partial charge in [-0.1, -0.05) is 48.0 Å². The van der Waals surface area contributed by atoms with E-state index in [2.05, 4.69) is 21.9 Å². The number of amides is 2. The molecule has 0 fully saturated rings. The molecule has 40 heavy (non-hydrogen) atoms. The fraction of sp³-hybridized carbons (Fsp3) is 0.200. The van der Waals surface area contributed by atoms with Gasteiger partial charge in [0.25, 0.3) is 5.56 Å². The van der Waals surface area contributed by atoms with Gasteiger partial charge in [-0.05, 0) is 62.2 Å². The molecule has 4 rings (SSSR count). The lowest BCUT2D eigenvalue weighted by atomic mass is 10.1. The first-order valence-electron chi connectivity index (χ1n) is 12.7. The number of carbonyl (C=O) groups excluding carboxylic acids is 2. The molecule has 0 bridgehead atoms. The summed E-state index contributed by atoms with van der Waals surface area (Å²) in [5, 5.41) is 6.29. The molecule has 0 aliphatic heterocycles. The van der Waals surface area contributed by atoms with Gasteiger partial charge in [0.1, 0.15) is 12.3 Å². The second-order valence-electron chi connectivity index (χ2n) is 9.01. The van der Waals surface area contributed by atoms with Crippen LogP contribution < -0.4 is 25.8 Å². The largest absolute Gasteiger partial charge is 0.490 e. The zero-order chi connectivity index (χ0) is 28.6. The molecule has 3 aromatic carbocycles. The number of aromatic nitrogens is 2. The molecule has 10 heteroatoms. The van der Waals surface area contributed by atoms with Crippen molar-refractivity contribution < 1.29 is 19.1 Å². The van der Waals surface area contributed by atoms with Gasteiger partial charge < -0.3 is 14.8 Å². The lowest BCUT2D eigenvalue weighted by molar-refractivity contribution is -0.136. The highest BCUT2D eigenvalue weighted by molar-refractivity contribution is 6.39. The van der Waals surface area contributed by atoms with Crippen LogP contribution in [0, 0.1) is 13.8 Å². The van der Waals surface area contributed by atoms with Crippen molar-refractivity contribution in [2.24, 2.45) is 12.1 Å². The quantitative estimate of drug-likeness (QED) is 0.190. The molecule has 1 heterocycles. The van der Waals surface area contributed by atoms with Crippen LogP contribution in [0.1, 0.15) is 29.3 Å². The molecule has 0 unspecified atom stereocenters. The second-order valence-corrected chi connectivity index (χ2v) is 9.01. The predicted molar refractivity (Wildman–Crippen MR) is 153 cm³/mol. The topological polar surface area (TPSA) is 116 Å². The van der Waals surface area contributed by atoms with E-state index in [4.69, 9.17) is 9.47 Å². The van der Waals surface area contributed by atoms with E-state index in [1.807, 2.05) is 38.1 Å². The minimum Gasteiger partial charge on any atom is -0.490 e. The van der Waals surface area contributed by atoms with Crippen LogP contribution in [0.2, 0.25) is 0 Å². The number of rotatable bonds is 9. The Hall–Kier alpha value is -5.12. The van der Waals surface area contributed by atoms with E-state index >= 15 is 0 Å². The van der Waals surface area contributed by atoms with Crippen molar-refractivity contribution in [2.45, 2.75) is 27.4 Å². The summed E-state index contributed by atoms with van der Waals surface area (Å²) in [7, 11) is 1.69. The van der Waals surface area contributed by atoms with Gasteiger partial charge in [-0.3, -0.25) is 19.1 Å². The molecule has 10 nitrogen and oxygen atoms in total. The smallest absolute Gasteiger partial charge is 0.329 e.